The molecule has 2 heteroatoms. The summed E-state index contributed by atoms with van der Waals surface area (Å²) in [6, 6.07) is 7.87. The molecular weight excluding hydrogens is 174 g/mol. The molecule has 1 unspecified atom stereocenters. The van der Waals surface area contributed by atoms with Crippen molar-refractivity contribution in [1.29, 1.82) is 0 Å². The molecule has 0 fully saturated rings. The van der Waals surface area contributed by atoms with Gasteiger partial charge in [-0.1, -0.05) is 31.2 Å². The third-order valence-corrected chi connectivity index (χ3v) is 2.87. The topological polar surface area (TPSA) is 29.1 Å². The third-order valence-electron chi connectivity index (χ3n) is 2.87. The van der Waals surface area contributed by atoms with Crippen molar-refractivity contribution in [1.82, 2.24) is 5.32 Å². The molecule has 0 bridgehead atoms. The molecule has 1 aliphatic rings. The Morgan fingerprint density at radius 1 is 1.43 bits per heavy atom. The molecule has 1 aromatic carbocycles. The van der Waals surface area contributed by atoms with E-state index < -0.39 is 0 Å². The van der Waals surface area contributed by atoms with Crippen molar-refractivity contribution in [3.63, 3.8) is 0 Å². The lowest BCUT2D eigenvalue weighted by Crippen LogP contribution is -2.47. The molecule has 2 nitrogen and oxygen atoms in total. The maximum Gasteiger partial charge on any atom is 0.183 e. The summed E-state index contributed by atoms with van der Waals surface area (Å²) in [6.07, 6.45) is 0.815. The van der Waals surface area contributed by atoms with Crippen LogP contribution in [0.15, 0.2) is 24.3 Å². The molecule has 0 aliphatic heterocycles. The second-order valence-corrected chi connectivity index (χ2v) is 4.03. The van der Waals surface area contributed by atoms with Gasteiger partial charge in [0.15, 0.2) is 5.78 Å². The summed E-state index contributed by atoms with van der Waals surface area (Å²) in [5, 5.41) is 3.27. The zero-order valence-corrected chi connectivity index (χ0v) is 8.63. The molecule has 0 aromatic heterocycles. The van der Waals surface area contributed by atoms with Crippen LogP contribution in [0.3, 0.4) is 0 Å². The van der Waals surface area contributed by atoms with Crippen LogP contribution in [0.2, 0.25) is 0 Å². The molecule has 2 rings (SSSR count). The van der Waals surface area contributed by atoms with Gasteiger partial charge in [-0.3, -0.25) is 4.79 Å². The second kappa shape index (κ2) is 3.21. The van der Waals surface area contributed by atoms with Crippen LogP contribution in [0.4, 0.5) is 0 Å². The van der Waals surface area contributed by atoms with E-state index in [0.717, 1.165) is 18.5 Å². The van der Waals surface area contributed by atoms with Crippen LogP contribution in [0.1, 0.15) is 29.8 Å². The molecule has 0 spiro atoms. The minimum atomic E-state index is -0.377. The van der Waals surface area contributed by atoms with Crippen molar-refractivity contribution in [2.75, 3.05) is 6.54 Å². The van der Waals surface area contributed by atoms with Gasteiger partial charge in [0.1, 0.15) is 0 Å². The van der Waals surface area contributed by atoms with Gasteiger partial charge >= 0.3 is 0 Å². The minimum Gasteiger partial charge on any atom is -0.305 e. The zero-order valence-electron chi connectivity index (χ0n) is 8.63. The van der Waals surface area contributed by atoms with Gasteiger partial charge in [-0.15, -0.1) is 0 Å². The van der Waals surface area contributed by atoms with Crippen molar-refractivity contribution >= 4 is 5.78 Å². The SMILES string of the molecule is CCNC1(C)Cc2ccccc2C1=O. The van der Waals surface area contributed by atoms with Gasteiger partial charge in [0.2, 0.25) is 0 Å². The average Bonchev–Trinajstić information content (AvgIpc) is 2.41. The van der Waals surface area contributed by atoms with E-state index in [0.29, 0.717) is 0 Å². The summed E-state index contributed by atoms with van der Waals surface area (Å²) in [4.78, 5) is 12.0. The van der Waals surface area contributed by atoms with E-state index in [1.807, 2.05) is 38.1 Å². The number of ketones is 1. The van der Waals surface area contributed by atoms with Crippen LogP contribution in [0, 0.1) is 0 Å². The monoisotopic (exact) mass is 189 g/mol. The number of hydrogen-bond donors (Lipinski definition) is 1. The summed E-state index contributed by atoms with van der Waals surface area (Å²) in [5.41, 5.74) is 1.68. The lowest BCUT2D eigenvalue weighted by Gasteiger charge is -2.22. The van der Waals surface area contributed by atoms with E-state index in [-0.39, 0.29) is 11.3 Å². The van der Waals surface area contributed by atoms with Gasteiger partial charge in [-0.2, -0.15) is 0 Å². The first-order chi connectivity index (χ1) is 6.67. The molecule has 0 heterocycles. The van der Waals surface area contributed by atoms with Crippen molar-refractivity contribution < 1.29 is 4.79 Å². The summed E-state index contributed by atoms with van der Waals surface area (Å²) < 4.78 is 0. The standard InChI is InChI=1S/C12H15NO/c1-3-13-12(2)8-9-6-4-5-7-10(9)11(12)14/h4-7,13H,3,8H2,1-2H3. The molecule has 1 N–H and O–H groups in total. The first-order valence-corrected chi connectivity index (χ1v) is 5.05. The molecule has 0 saturated heterocycles. The summed E-state index contributed by atoms with van der Waals surface area (Å²) in [7, 11) is 0. The van der Waals surface area contributed by atoms with Crippen molar-refractivity contribution in [3.05, 3.63) is 35.4 Å². The second-order valence-electron chi connectivity index (χ2n) is 4.03. The van der Waals surface area contributed by atoms with Crippen LogP contribution < -0.4 is 5.32 Å². The highest BCUT2D eigenvalue weighted by Gasteiger charge is 2.40. The quantitative estimate of drug-likeness (QED) is 0.768. The van der Waals surface area contributed by atoms with Crippen LogP contribution in [-0.4, -0.2) is 17.9 Å². The molecule has 0 amide bonds. The van der Waals surface area contributed by atoms with E-state index in [4.69, 9.17) is 0 Å². The molecule has 1 atom stereocenters. The van der Waals surface area contributed by atoms with E-state index in [9.17, 15) is 4.79 Å². The number of carbonyl (C=O) groups is 1. The fourth-order valence-corrected chi connectivity index (χ4v) is 2.19. The van der Waals surface area contributed by atoms with Crippen LogP contribution in [-0.2, 0) is 6.42 Å². The minimum absolute atomic E-state index is 0.231. The van der Waals surface area contributed by atoms with Gasteiger partial charge in [0.05, 0.1) is 5.54 Å². The highest BCUT2D eigenvalue weighted by molar-refractivity contribution is 6.07. The summed E-state index contributed by atoms with van der Waals surface area (Å²) in [6.45, 7) is 4.84. The Kier molecular flexibility index (Phi) is 2.16. The Balaban J connectivity index is 2.38. The molecular formula is C12H15NO. The number of likely N-dealkylation sites (N-methyl/N-ethyl adjacent to an activating group) is 1. The Morgan fingerprint density at radius 3 is 2.79 bits per heavy atom. The van der Waals surface area contributed by atoms with Crippen molar-refractivity contribution in [2.24, 2.45) is 0 Å². The van der Waals surface area contributed by atoms with Gasteiger partial charge in [0, 0.05) is 5.56 Å². The lowest BCUT2D eigenvalue weighted by molar-refractivity contribution is 0.0890. The maximum atomic E-state index is 12.0. The van der Waals surface area contributed by atoms with Crippen LogP contribution >= 0.6 is 0 Å². The highest BCUT2D eigenvalue weighted by Crippen LogP contribution is 2.29. The number of rotatable bonds is 2. The van der Waals surface area contributed by atoms with Crippen molar-refractivity contribution in [2.45, 2.75) is 25.8 Å². The van der Waals surface area contributed by atoms with Gasteiger partial charge < -0.3 is 5.32 Å². The molecule has 0 radical (unpaired) electrons. The number of fused-ring (bicyclic) bond motifs is 1. The largest absolute Gasteiger partial charge is 0.305 e. The van der Waals surface area contributed by atoms with Crippen molar-refractivity contribution in [3.8, 4) is 0 Å². The fraction of sp³-hybridized carbons (Fsp3) is 0.417. The Bertz CT molecular complexity index is 372. The number of Topliss-reactive ketones (excluding diaryl/α,β-unsaturated/α-hetero) is 1. The van der Waals surface area contributed by atoms with Gasteiger partial charge in [-0.05, 0) is 25.5 Å². The van der Waals surface area contributed by atoms with E-state index in [1.54, 1.807) is 0 Å². The summed E-state index contributed by atoms with van der Waals surface area (Å²) in [5.74, 6) is 0.231. The fourth-order valence-electron chi connectivity index (χ4n) is 2.19. The van der Waals surface area contributed by atoms with Crippen LogP contribution in [0.25, 0.3) is 0 Å². The number of hydrogen-bond acceptors (Lipinski definition) is 2. The molecule has 0 saturated carbocycles. The number of nitrogens with one attached hydrogen (secondary N) is 1. The first-order valence-electron chi connectivity index (χ1n) is 5.05. The molecule has 74 valence electrons. The first kappa shape index (κ1) is 9.41. The number of carbonyl (C=O) groups excluding carboxylic acids is 1. The molecule has 14 heavy (non-hydrogen) atoms. The van der Waals surface area contributed by atoms with Gasteiger partial charge in [0.25, 0.3) is 0 Å². The maximum absolute atomic E-state index is 12.0. The van der Waals surface area contributed by atoms with E-state index >= 15 is 0 Å². The molecule has 1 aliphatic carbocycles. The Labute approximate surface area is 84.3 Å². The van der Waals surface area contributed by atoms with Gasteiger partial charge in [-0.25, -0.2) is 0 Å². The average molecular weight is 189 g/mol. The normalized spacial score (nSPS) is 25.1. The molecule has 1 aromatic rings. The van der Waals surface area contributed by atoms with Crippen LogP contribution in [0.5, 0.6) is 0 Å². The highest BCUT2D eigenvalue weighted by atomic mass is 16.1. The Morgan fingerprint density at radius 2 is 2.14 bits per heavy atom. The van der Waals surface area contributed by atoms with E-state index in [1.165, 1.54) is 5.56 Å². The third kappa shape index (κ3) is 1.26. The number of benzene rings is 1. The predicted octanol–water partition coefficient (Wildman–Crippen LogP) is 1.79. The van der Waals surface area contributed by atoms with E-state index in [2.05, 4.69) is 5.32 Å². The zero-order chi connectivity index (χ0) is 10.2. The Hall–Kier alpha value is -1.15. The lowest BCUT2D eigenvalue weighted by atomic mass is 9.97. The summed E-state index contributed by atoms with van der Waals surface area (Å²) >= 11 is 0. The predicted molar refractivity (Wildman–Crippen MR) is 56.6 cm³/mol. The smallest absolute Gasteiger partial charge is 0.183 e.